The zero-order valence-electron chi connectivity index (χ0n) is 12.6. The molecule has 2 aromatic rings. The smallest absolute Gasteiger partial charge is 0.0829 e. The van der Waals surface area contributed by atoms with Gasteiger partial charge in [0, 0.05) is 18.4 Å². The Balaban J connectivity index is 2.26. The fourth-order valence-electron chi connectivity index (χ4n) is 2.21. The first-order valence-electron chi connectivity index (χ1n) is 7.27. The summed E-state index contributed by atoms with van der Waals surface area (Å²) in [5.74, 6) is 0.373. The van der Waals surface area contributed by atoms with Gasteiger partial charge in [0.2, 0.25) is 0 Å². The molecule has 0 aliphatic rings. The van der Waals surface area contributed by atoms with Crippen molar-refractivity contribution in [1.29, 1.82) is 0 Å². The monoisotopic (exact) mass is 324 g/mol. The van der Waals surface area contributed by atoms with Crippen molar-refractivity contribution in [3.05, 3.63) is 39.6 Å². The van der Waals surface area contributed by atoms with Gasteiger partial charge in [-0.1, -0.05) is 36.9 Å². The average molecular weight is 325 g/mol. The van der Waals surface area contributed by atoms with Gasteiger partial charge in [0.25, 0.3) is 0 Å². The minimum absolute atomic E-state index is 0.197. The highest BCUT2D eigenvalue weighted by atomic mass is 35.5. The van der Waals surface area contributed by atoms with Crippen molar-refractivity contribution in [3.63, 3.8) is 0 Å². The average Bonchev–Trinajstić information content (AvgIpc) is 2.95. The molecule has 2 aromatic heterocycles. The summed E-state index contributed by atoms with van der Waals surface area (Å²) in [5.41, 5.74) is 2.18. The lowest BCUT2D eigenvalue weighted by Crippen LogP contribution is -2.24. The lowest BCUT2D eigenvalue weighted by atomic mass is 10.0. The van der Waals surface area contributed by atoms with Crippen LogP contribution in [0.2, 0.25) is 5.02 Å². The first-order valence-corrected chi connectivity index (χ1v) is 8.42. The van der Waals surface area contributed by atoms with Gasteiger partial charge in [-0.05, 0) is 48.5 Å². The number of hydrogen-bond acceptors (Lipinski definition) is 5. The number of halogens is 1. The van der Waals surface area contributed by atoms with Gasteiger partial charge >= 0.3 is 0 Å². The second-order valence-electron chi connectivity index (χ2n) is 5.36. The van der Waals surface area contributed by atoms with Crippen molar-refractivity contribution in [1.82, 2.24) is 19.9 Å². The SMILES string of the molecule is CCCNC(Cc1ccncc1Cl)c1snnc1C(C)C. The molecule has 0 spiro atoms. The van der Waals surface area contributed by atoms with Gasteiger partial charge in [-0.3, -0.25) is 4.98 Å². The predicted octanol–water partition coefficient (Wildman–Crippen LogP) is 3.99. The number of pyridine rings is 1. The molecular formula is C15H21ClN4S. The Labute approximate surface area is 135 Å². The molecule has 2 rings (SSSR count). The summed E-state index contributed by atoms with van der Waals surface area (Å²) in [7, 11) is 0. The molecule has 0 amide bonds. The van der Waals surface area contributed by atoms with Crippen LogP contribution in [-0.2, 0) is 6.42 Å². The van der Waals surface area contributed by atoms with Crippen LogP contribution in [-0.4, -0.2) is 21.1 Å². The molecule has 1 atom stereocenters. The maximum Gasteiger partial charge on any atom is 0.0829 e. The van der Waals surface area contributed by atoms with Crippen molar-refractivity contribution >= 4 is 23.1 Å². The maximum absolute atomic E-state index is 6.25. The Morgan fingerprint density at radius 2 is 2.19 bits per heavy atom. The molecule has 1 N–H and O–H groups in total. The predicted molar refractivity (Wildman–Crippen MR) is 88.0 cm³/mol. The zero-order valence-corrected chi connectivity index (χ0v) is 14.2. The Kier molecular flexibility index (Phi) is 6.08. The van der Waals surface area contributed by atoms with E-state index in [9.17, 15) is 0 Å². The van der Waals surface area contributed by atoms with Crippen LogP contribution < -0.4 is 5.32 Å². The van der Waals surface area contributed by atoms with Gasteiger partial charge in [0.15, 0.2) is 0 Å². The maximum atomic E-state index is 6.25. The summed E-state index contributed by atoms with van der Waals surface area (Å²) >= 11 is 7.73. The first kappa shape index (κ1) is 16.3. The second-order valence-corrected chi connectivity index (χ2v) is 6.55. The van der Waals surface area contributed by atoms with Crippen LogP contribution in [0.4, 0.5) is 0 Å². The van der Waals surface area contributed by atoms with Crippen LogP contribution >= 0.6 is 23.1 Å². The first-order chi connectivity index (χ1) is 10.1. The molecule has 114 valence electrons. The molecule has 4 nitrogen and oxygen atoms in total. The number of nitrogens with one attached hydrogen (secondary N) is 1. The van der Waals surface area contributed by atoms with Crippen LogP contribution in [0.25, 0.3) is 0 Å². The highest BCUT2D eigenvalue weighted by molar-refractivity contribution is 7.05. The molecular weight excluding hydrogens is 304 g/mol. The van der Waals surface area contributed by atoms with E-state index in [0.717, 1.165) is 30.6 Å². The summed E-state index contributed by atoms with van der Waals surface area (Å²) in [6, 6.07) is 2.18. The molecule has 0 saturated carbocycles. The lowest BCUT2D eigenvalue weighted by molar-refractivity contribution is 0.529. The molecule has 0 bridgehead atoms. The summed E-state index contributed by atoms with van der Waals surface area (Å²) < 4.78 is 4.14. The van der Waals surface area contributed by atoms with Crippen LogP contribution in [0, 0.1) is 0 Å². The zero-order chi connectivity index (χ0) is 15.2. The Bertz CT molecular complexity index is 570. The van der Waals surface area contributed by atoms with E-state index in [-0.39, 0.29) is 6.04 Å². The Morgan fingerprint density at radius 3 is 2.86 bits per heavy atom. The molecule has 0 saturated heterocycles. The molecule has 0 radical (unpaired) electrons. The third kappa shape index (κ3) is 4.22. The van der Waals surface area contributed by atoms with Gasteiger partial charge < -0.3 is 5.32 Å². The molecule has 21 heavy (non-hydrogen) atoms. The fourth-order valence-corrected chi connectivity index (χ4v) is 3.29. The van der Waals surface area contributed by atoms with Crippen molar-refractivity contribution < 1.29 is 0 Å². The van der Waals surface area contributed by atoms with Crippen molar-refractivity contribution in [2.45, 2.75) is 45.6 Å². The largest absolute Gasteiger partial charge is 0.309 e. The van der Waals surface area contributed by atoms with Crippen LogP contribution in [0.3, 0.4) is 0 Å². The van der Waals surface area contributed by atoms with Crippen LogP contribution in [0.15, 0.2) is 18.5 Å². The van der Waals surface area contributed by atoms with E-state index in [1.807, 2.05) is 6.07 Å². The highest BCUT2D eigenvalue weighted by Crippen LogP contribution is 2.30. The van der Waals surface area contributed by atoms with E-state index in [0.29, 0.717) is 10.9 Å². The Hall–Kier alpha value is -1.04. The number of aromatic nitrogens is 3. The van der Waals surface area contributed by atoms with Gasteiger partial charge in [-0.2, -0.15) is 0 Å². The molecule has 0 aliphatic carbocycles. The molecule has 0 aliphatic heterocycles. The quantitative estimate of drug-likeness (QED) is 0.836. The minimum atomic E-state index is 0.197. The standard InChI is InChI=1S/C15H21ClN4S/c1-4-6-18-13(8-11-5-7-17-9-12(11)16)15-14(10(2)3)19-20-21-15/h5,7,9-10,13,18H,4,6,8H2,1-3H3. The summed E-state index contributed by atoms with van der Waals surface area (Å²) in [6.45, 7) is 7.42. The summed E-state index contributed by atoms with van der Waals surface area (Å²) in [6.07, 6.45) is 5.39. The molecule has 6 heteroatoms. The molecule has 1 unspecified atom stereocenters. The molecule has 2 heterocycles. The fraction of sp³-hybridized carbons (Fsp3) is 0.533. The third-order valence-electron chi connectivity index (χ3n) is 3.32. The second kappa shape index (κ2) is 7.82. The van der Waals surface area contributed by atoms with E-state index in [4.69, 9.17) is 11.6 Å². The number of rotatable bonds is 7. The van der Waals surface area contributed by atoms with Gasteiger partial charge in [-0.15, -0.1) is 5.10 Å². The van der Waals surface area contributed by atoms with Crippen LogP contribution in [0.1, 0.15) is 55.3 Å². The lowest BCUT2D eigenvalue weighted by Gasteiger charge is -2.19. The van der Waals surface area contributed by atoms with E-state index in [1.165, 1.54) is 16.4 Å². The van der Waals surface area contributed by atoms with Gasteiger partial charge in [0.05, 0.1) is 15.6 Å². The number of nitrogens with zero attached hydrogens (tertiary/aromatic N) is 3. The van der Waals surface area contributed by atoms with Crippen molar-refractivity contribution in [3.8, 4) is 0 Å². The minimum Gasteiger partial charge on any atom is -0.309 e. The number of hydrogen-bond donors (Lipinski definition) is 1. The van der Waals surface area contributed by atoms with E-state index < -0.39 is 0 Å². The Morgan fingerprint density at radius 1 is 1.38 bits per heavy atom. The molecule has 0 aromatic carbocycles. The van der Waals surface area contributed by atoms with Crippen LogP contribution in [0.5, 0.6) is 0 Å². The van der Waals surface area contributed by atoms with E-state index in [1.54, 1.807) is 12.4 Å². The molecule has 0 fully saturated rings. The topological polar surface area (TPSA) is 50.7 Å². The van der Waals surface area contributed by atoms with Crippen molar-refractivity contribution in [2.24, 2.45) is 0 Å². The van der Waals surface area contributed by atoms with E-state index in [2.05, 4.69) is 40.7 Å². The van der Waals surface area contributed by atoms with E-state index >= 15 is 0 Å². The summed E-state index contributed by atoms with van der Waals surface area (Å²) in [4.78, 5) is 5.26. The normalized spacial score (nSPS) is 12.8. The third-order valence-corrected chi connectivity index (χ3v) is 4.52. The van der Waals surface area contributed by atoms with Gasteiger partial charge in [-0.25, -0.2) is 0 Å². The highest BCUT2D eigenvalue weighted by Gasteiger charge is 2.21. The summed E-state index contributed by atoms with van der Waals surface area (Å²) in [5, 5.41) is 8.60. The van der Waals surface area contributed by atoms with Gasteiger partial charge in [0.1, 0.15) is 0 Å². The van der Waals surface area contributed by atoms with Crippen molar-refractivity contribution in [2.75, 3.05) is 6.54 Å².